The second-order valence-electron chi connectivity index (χ2n) is 6.82. The van der Waals surface area contributed by atoms with Crippen LogP contribution in [0.3, 0.4) is 0 Å². The van der Waals surface area contributed by atoms with Gasteiger partial charge in [-0.05, 0) is 37.2 Å². The molecule has 1 fully saturated rings. The van der Waals surface area contributed by atoms with E-state index >= 15 is 0 Å². The zero-order chi connectivity index (χ0) is 17.9. The highest BCUT2D eigenvalue weighted by molar-refractivity contribution is 5.82. The first-order chi connectivity index (χ1) is 11.4. The van der Waals surface area contributed by atoms with Gasteiger partial charge in [-0.25, -0.2) is 4.68 Å². The SMILES string of the molecule is CC.CC1(C)CCC(n2ncc3ccc([N+](=O)[O-])cc3c2=O)CC1. The first-order valence-electron chi connectivity index (χ1n) is 8.53. The highest BCUT2D eigenvalue weighted by Gasteiger charge is 2.29. The van der Waals surface area contributed by atoms with E-state index in [4.69, 9.17) is 0 Å². The molecule has 2 aromatic rings. The van der Waals surface area contributed by atoms with Gasteiger partial charge in [0.1, 0.15) is 0 Å². The van der Waals surface area contributed by atoms with E-state index < -0.39 is 4.92 Å². The van der Waals surface area contributed by atoms with Crippen LogP contribution in [0.15, 0.2) is 29.2 Å². The quantitative estimate of drug-likeness (QED) is 0.600. The van der Waals surface area contributed by atoms with Crippen molar-refractivity contribution in [1.82, 2.24) is 9.78 Å². The van der Waals surface area contributed by atoms with Gasteiger partial charge in [0, 0.05) is 17.5 Å². The average Bonchev–Trinajstić information content (AvgIpc) is 2.57. The minimum Gasteiger partial charge on any atom is -0.267 e. The topological polar surface area (TPSA) is 78.0 Å². The van der Waals surface area contributed by atoms with E-state index in [1.807, 2.05) is 13.8 Å². The molecular formula is C18H25N3O3. The first-order valence-corrected chi connectivity index (χ1v) is 8.53. The Morgan fingerprint density at radius 3 is 2.46 bits per heavy atom. The molecule has 1 aromatic carbocycles. The molecule has 0 radical (unpaired) electrons. The standard InChI is InChI=1S/C16H19N3O3.C2H6/c1-16(2)7-5-12(6-8-16)18-15(20)14-9-13(19(21)22)4-3-11(14)10-17-18;1-2/h3-4,9-10,12H,5-8H2,1-2H3;1-2H3. The molecule has 1 saturated carbocycles. The Kier molecular flexibility index (Phi) is 5.36. The third-order valence-electron chi connectivity index (χ3n) is 4.66. The highest BCUT2D eigenvalue weighted by Crippen LogP contribution is 2.39. The predicted molar refractivity (Wildman–Crippen MR) is 95.3 cm³/mol. The summed E-state index contributed by atoms with van der Waals surface area (Å²) in [4.78, 5) is 23.1. The van der Waals surface area contributed by atoms with E-state index in [1.165, 1.54) is 16.8 Å². The molecule has 0 N–H and O–H groups in total. The lowest BCUT2D eigenvalue weighted by Gasteiger charge is -2.34. The van der Waals surface area contributed by atoms with Crippen molar-refractivity contribution in [2.75, 3.05) is 0 Å². The van der Waals surface area contributed by atoms with Gasteiger partial charge in [-0.15, -0.1) is 0 Å². The van der Waals surface area contributed by atoms with E-state index in [-0.39, 0.29) is 17.3 Å². The molecule has 6 nitrogen and oxygen atoms in total. The van der Waals surface area contributed by atoms with Crippen molar-refractivity contribution in [2.24, 2.45) is 5.41 Å². The third-order valence-corrected chi connectivity index (χ3v) is 4.66. The molecule has 1 aromatic heterocycles. The number of nitrogens with zero attached hydrogens (tertiary/aromatic N) is 3. The molecule has 24 heavy (non-hydrogen) atoms. The molecule has 0 aliphatic heterocycles. The molecule has 130 valence electrons. The summed E-state index contributed by atoms with van der Waals surface area (Å²) in [6.07, 6.45) is 5.57. The maximum atomic E-state index is 12.6. The van der Waals surface area contributed by atoms with Crippen molar-refractivity contribution in [3.8, 4) is 0 Å². The predicted octanol–water partition coefficient (Wildman–Crippen LogP) is 4.47. The van der Waals surface area contributed by atoms with Gasteiger partial charge in [0.25, 0.3) is 11.2 Å². The lowest BCUT2D eigenvalue weighted by Crippen LogP contribution is -2.31. The van der Waals surface area contributed by atoms with Crippen molar-refractivity contribution in [2.45, 2.75) is 59.4 Å². The number of hydrogen-bond acceptors (Lipinski definition) is 4. The summed E-state index contributed by atoms with van der Waals surface area (Å²) in [5.74, 6) is 0. The fourth-order valence-electron chi connectivity index (χ4n) is 3.14. The van der Waals surface area contributed by atoms with Gasteiger partial charge in [0.15, 0.2) is 0 Å². The van der Waals surface area contributed by atoms with Crippen molar-refractivity contribution in [3.63, 3.8) is 0 Å². The number of benzene rings is 1. The molecule has 3 rings (SSSR count). The van der Waals surface area contributed by atoms with Crippen LogP contribution in [0.1, 0.15) is 59.4 Å². The number of nitro groups is 1. The monoisotopic (exact) mass is 331 g/mol. The molecule has 0 amide bonds. The van der Waals surface area contributed by atoms with Crippen LogP contribution >= 0.6 is 0 Å². The zero-order valence-electron chi connectivity index (χ0n) is 14.8. The molecule has 0 bridgehead atoms. The van der Waals surface area contributed by atoms with Crippen molar-refractivity contribution < 1.29 is 4.92 Å². The molecular weight excluding hydrogens is 306 g/mol. The summed E-state index contributed by atoms with van der Waals surface area (Å²) in [6, 6.07) is 4.42. The minimum atomic E-state index is -0.479. The van der Waals surface area contributed by atoms with Gasteiger partial charge in [-0.1, -0.05) is 27.7 Å². The molecule has 0 unspecified atom stereocenters. The molecule has 0 spiro atoms. The van der Waals surface area contributed by atoms with E-state index in [1.54, 1.807) is 12.3 Å². The van der Waals surface area contributed by atoms with Gasteiger partial charge in [-0.3, -0.25) is 14.9 Å². The van der Waals surface area contributed by atoms with Gasteiger partial charge in [-0.2, -0.15) is 5.10 Å². The Hall–Kier alpha value is -2.24. The Labute approximate surface area is 141 Å². The van der Waals surface area contributed by atoms with E-state index in [2.05, 4.69) is 18.9 Å². The van der Waals surface area contributed by atoms with Crippen LogP contribution in [0.25, 0.3) is 10.8 Å². The number of rotatable bonds is 2. The lowest BCUT2D eigenvalue weighted by molar-refractivity contribution is -0.384. The summed E-state index contributed by atoms with van der Waals surface area (Å²) in [6.45, 7) is 8.48. The summed E-state index contributed by atoms with van der Waals surface area (Å²) in [5.41, 5.74) is 0.0217. The van der Waals surface area contributed by atoms with Crippen LogP contribution in [0.4, 0.5) is 5.69 Å². The Morgan fingerprint density at radius 2 is 1.88 bits per heavy atom. The summed E-state index contributed by atoms with van der Waals surface area (Å²) in [7, 11) is 0. The van der Waals surface area contributed by atoms with Crippen LogP contribution in [0.5, 0.6) is 0 Å². The molecule has 0 saturated heterocycles. The van der Waals surface area contributed by atoms with Gasteiger partial charge in [0.05, 0.1) is 22.5 Å². The van der Waals surface area contributed by atoms with Crippen LogP contribution in [-0.4, -0.2) is 14.7 Å². The van der Waals surface area contributed by atoms with Gasteiger partial charge in [0.2, 0.25) is 0 Å². The number of non-ortho nitro benzene ring substituents is 1. The van der Waals surface area contributed by atoms with Crippen LogP contribution < -0.4 is 5.56 Å². The number of nitro benzene ring substituents is 1. The first kappa shape index (κ1) is 18.1. The summed E-state index contributed by atoms with van der Waals surface area (Å²) >= 11 is 0. The second-order valence-corrected chi connectivity index (χ2v) is 6.82. The Balaban J connectivity index is 0.00000100. The van der Waals surface area contributed by atoms with Gasteiger partial charge >= 0.3 is 0 Å². The number of aromatic nitrogens is 2. The minimum absolute atomic E-state index is 0.0628. The molecule has 6 heteroatoms. The fourth-order valence-corrected chi connectivity index (χ4v) is 3.14. The largest absolute Gasteiger partial charge is 0.275 e. The zero-order valence-corrected chi connectivity index (χ0v) is 14.8. The number of fused-ring (bicyclic) bond motifs is 1. The van der Waals surface area contributed by atoms with Crippen LogP contribution in [0, 0.1) is 15.5 Å². The van der Waals surface area contributed by atoms with Crippen molar-refractivity contribution >= 4 is 16.5 Å². The smallest absolute Gasteiger partial charge is 0.267 e. The lowest BCUT2D eigenvalue weighted by atomic mass is 9.75. The average molecular weight is 331 g/mol. The van der Waals surface area contributed by atoms with E-state index in [0.717, 1.165) is 25.7 Å². The van der Waals surface area contributed by atoms with Crippen molar-refractivity contribution in [1.29, 1.82) is 0 Å². The normalized spacial score (nSPS) is 17.2. The molecule has 1 heterocycles. The maximum Gasteiger partial charge on any atom is 0.275 e. The second kappa shape index (κ2) is 7.11. The molecule has 1 aliphatic carbocycles. The van der Waals surface area contributed by atoms with Crippen molar-refractivity contribution in [3.05, 3.63) is 44.9 Å². The Bertz CT molecular complexity index is 786. The molecule has 1 aliphatic rings. The van der Waals surface area contributed by atoms with Gasteiger partial charge < -0.3 is 0 Å². The third kappa shape index (κ3) is 3.63. The fraction of sp³-hybridized carbons (Fsp3) is 0.556. The highest BCUT2D eigenvalue weighted by atomic mass is 16.6. The van der Waals surface area contributed by atoms with E-state index in [9.17, 15) is 14.9 Å². The Morgan fingerprint density at radius 1 is 1.25 bits per heavy atom. The number of hydrogen-bond donors (Lipinski definition) is 0. The van der Waals surface area contributed by atoms with Crippen LogP contribution in [-0.2, 0) is 0 Å². The van der Waals surface area contributed by atoms with Crippen LogP contribution in [0.2, 0.25) is 0 Å². The van der Waals surface area contributed by atoms with E-state index in [0.29, 0.717) is 16.2 Å². The summed E-state index contributed by atoms with van der Waals surface area (Å²) < 4.78 is 1.52. The summed E-state index contributed by atoms with van der Waals surface area (Å²) in [5, 5.41) is 16.2. The molecule has 0 atom stereocenters. The maximum absolute atomic E-state index is 12.6.